The van der Waals surface area contributed by atoms with Crippen molar-refractivity contribution in [3.8, 4) is 5.88 Å². The predicted molar refractivity (Wildman–Crippen MR) is 84.6 cm³/mol. The van der Waals surface area contributed by atoms with E-state index in [0.29, 0.717) is 16.6 Å². The van der Waals surface area contributed by atoms with Crippen LogP contribution in [0.2, 0.25) is 0 Å². The molecule has 6 nitrogen and oxygen atoms in total. The molecule has 0 bridgehead atoms. The van der Waals surface area contributed by atoms with Gasteiger partial charge in [-0.3, -0.25) is 14.0 Å². The number of nitrogens with zero attached hydrogens (tertiary/aromatic N) is 2. The third-order valence-corrected chi connectivity index (χ3v) is 5.32. The average Bonchev–Trinajstić information content (AvgIpc) is 2.82. The summed E-state index contributed by atoms with van der Waals surface area (Å²) < 4.78 is 1.36. The van der Waals surface area contributed by atoms with Gasteiger partial charge in [0.25, 0.3) is 11.5 Å². The van der Waals surface area contributed by atoms with Crippen LogP contribution >= 0.6 is 11.3 Å². The molecule has 2 atom stereocenters. The van der Waals surface area contributed by atoms with Gasteiger partial charge in [-0.2, -0.15) is 4.98 Å². The molecule has 0 spiro atoms. The standard InChI is InChI=1S/C15H19N3O3S/c1-8-5-3-4-6-10(8)16-12(19)11-13(20)17-15-18(14(11)21)9(2)7-22-15/h7-8,10,20H,3-6H2,1-2H3,(H,16,19). The van der Waals surface area contributed by atoms with Crippen LogP contribution in [0.4, 0.5) is 0 Å². The van der Waals surface area contributed by atoms with Crippen molar-refractivity contribution in [2.45, 2.75) is 45.6 Å². The smallest absolute Gasteiger partial charge is 0.275 e. The molecule has 0 aliphatic heterocycles. The van der Waals surface area contributed by atoms with Crippen LogP contribution in [0.5, 0.6) is 5.88 Å². The lowest BCUT2D eigenvalue weighted by Gasteiger charge is -2.29. The van der Waals surface area contributed by atoms with E-state index in [1.807, 2.05) is 0 Å². The summed E-state index contributed by atoms with van der Waals surface area (Å²) in [6, 6.07) is 0.0457. The number of hydrogen-bond donors (Lipinski definition) is 2. The first kappa shape index (κ1) is 15.0. The number of aromatic nitrogens is 2. The zero-order valence-corrected chi connectivity index (χ0v) is 13.4. The van der Waals surface area contributed by atoms with Crippen LogP contribution in [0.25, 0.3) is 4.96 Å². The van der Waals surface area contributed by atoms with E-state index in [-0.39, 0.29) is 11.6 Å². The van der Waals surface area contributed by atoms with E-state index in [0.717, 1.165) is 19.3 Å². The summed E-state index contributed by atoms with van der Waals surface area (Å²) in [4.78, 5) is 29.3. The highest BCUT2D eigenvalue weighted by Crippen LogP contribution is 2.24. The van der Waals surface area contributed by atoms with Crippen molar-refractivity contribution in [2.75, 3.05) is 0 Å². The van der Waals surface area contributed by atoms with E-state index in [9.17, 15) is 14.7 Å². The fraction of sp³-hybridized carbons (Fsp3) is 0.533. The second-order valence-electron chi connectivity index (χ2n) is 5.95. The summed E-state index contributed by atoms with van der Waals surface area (Å²) in [5, 5.41) is 14.7. The number of rotatable bonds is 2. The third kappa shape index (κ3) is 2.49. The van der Waals surface area contributed by atoms with Crippen molar-refractivity contribution in [3.05, 3.63) is 27.0 Å². The minimum atomic E-state index is -0.534. The summed E-state index contributed by atoms with van der Waals surface area (Å²) in [5.74, 6) is -0.649. The summed E-state index contributed by atoms with van der Waals surface area (Å²) in [6.07, 6.45) is 4.21. The van der Waals surface area contributed by atoms with Crippen LogP contribution < -0.4 is 10.9 Å². The highest BCUT2D eigenvalue weighted by molar-refractivity contribution is 7.15. The Bertz CT molecular complexity index is 780. The molecule has 2 N–H and O–H groups in total. The molecule has 2 aromatic rings. The molecule has 0 saturated heterocycles. The zero-order valence-electron chi connectivity index (χ0n) is 12.6. The number of thiazole rings is 1. The van der Waals surface area contributed by atoms with E-state index in [4.69, 9.17) is 0 Å². The van der Waals surface area contributed by atoms with Crippen LogP contribution in [0, 0.1) is 12.8 Å². The molecule has 7 heteroatoms. The van der Waals surface area contributed by atoms with E-state index >= 15 is 0 Å². The summed E-state index contributed by atoms with van der Waals surface area (Å²) in [6.45, 7) is 3.87. The van der Waals surface area contributed by atoms with Crippen molar-refractivity contribution in [1.82, 2.24) is 14.7 Å². The largest absolute Gasteiger partial charge is 0.492 e. The Labute approximate surface area is 131 Å². The third-order valence-electron chi connectivity index (χ3n) is 4.38. The molecule has 3 rings (SSSR count). The maximum absolute atomic E-state index is 12.5. The van der Waals surface area contributed by atoms with Crippen molar-refractivity contribution in [3.63, 3.8) is 0 Å². The lowest BCUT2D eigenvalue weighted by atomic mass is 9.86. The first-order valence-corrected chi connectivity index (χ1v) is 8.37. The van der Waals surface area contributed by atoms with Crippen LogP contribution in [0.3, 0.4) is 0 Å². The SMILES string of the molecule is Cc1csc2nc(O)c(C(=O)NC3CCCCC3C)c(=O)n12. The molecule has 2 unspecified atom stereocenters. The minimum absolute atomic E-state index is 0.0457. The molecule has 2 heterocycles. The predicted octanol–water partition coefficient (Wildman–Crippen LogP) is 2.08. The molecule has 118 valence electrons. The average molecular weight is 321 g/mol. The van der Waals surface area contributed by atoms with Crippen LogP contribution in [-0.2, 0) is 0 Å². The van der Waals surface area contributed by atoms with Crippen molar-refractivity contribution < 1.29 is 9.90 Å². The van der Waals surface area contributed by atoms with Gasteiger partial charge >= 0.3 is 0 Å². The molecule has 1 aliphatic rings. The van der Waals surface area contributed by atoms with Gasteiger partial charge in [0, 0.05) is 17.1 Å². The Morgan fingerprint density at radius 2 is 2.18 bits per heavy atom. The van der Waals surface area contributed by atoms with Crippen molar-refractivity contribution in [2.24, 2.45) is 5.92 Å². The van der Waals surface area contributed by atoms with Gasteiger partial charge in [-0.25, -0.2) is 0 Å². The number of aryl methyl sites for hydroxylation is 1. The van der Waals surface area contributed by atoms with E-state index < -0.39 is 17.3 Å². The number of fused-ring (bicyclic) bond motifs is 1. The normalized spacial score (nSPS) is 21.9. The Morgan fingerprint density at radius 1 is 1.45 bits per heavy atom. The van der Waals surface area contributed by atoms with Crippen LogP contribution in [-0.4, -0.2) is 26.4 Å². The molecule has 1 saturated carbocycles. The number of carbonyl (C=O) groups excluding carboxylic acids is 1. The minimum Gasteiger partial charge on any atom is -0.492 e. The molecule has 0 aromatic carbocycles. The summed E-state index contributed by atoms with van der Waals surface area (Å²) in [7, 11) is 0. The maximum atomic E-state index is 12.5. The molecule has 1 aliphatic carbocycles. The van der Waals surface area contributed by atoms with Gasteiger partial charge in [0.05, 0.1) is 0 Å². The number of aromatic hydroxyl groups is 1. The van der Waals surface area contributed by atoms with Gasteiger partial charge in [0.15, 0.2) is 10.5 Å². The van der Waals surface area contributed by atoms with Crippen molar-refractivity contribution >= 4 is 22.2 Å². The lowest BCUT2D eigenvalue weighted by molar-refractivity contribution is 0.0905. The Kier molecular flexibility index (Phi) is 3.90. The van der Waals surface area contributed by atoms with Gasteiger partial charge in [0.2, 0.25) is 5.88 Å². The topological polar surface area (TPSA) is 83.7 Å². The monoisotopic (exact) mass is 321 g/mol. The quantitative estimate of drug-likeness (QED) is 0.887. The van der Waals surface area contributed by atoms with Gasteiger partial charge in [-0.05, 0) is 25.7 Å². The van der Waals surface area contributed by atoms with Gasteiger partial charge in [-0.1, -0.05) is 19.8 Å². The Morgan fingerprint density at radius 3 is 2.91 bits per heavy atom. The first-order valence-electron chi connectivity index (χ1n) is 7.49. The molecular weight excluding hydrogens is 302 g/mol. The summed E-state index contributed by atoms with van der Waals surface area (Å²) in [5.41, 5.74) is -0.0726. The van der Waals surface area contributed by atoms with Crippen LogP contribution in [0.15, 0.2) is 10.2 Å². The molecule has 1 amide bonds. The second kappa shape index (κ2) is 5.72. The number of amides is 1. The Hall–Kier alpha value is -1.89. The van der Waals surface area contributed by atoms with Gasteiger partial charge in [-0.15, -0.1) is 11.3 Å². The zero-order chi connectivity index (χ0) is 15.9. The lowest BCUT2D eigenvalue weighted by Crippen LogP contribution is -2.43. The molecule has 0 radical (unpaired) electrons. The van der Waals surface area contributed by atoms with E-state index in [1.54, 1.807) is 12.3 Å². The fourth-order valence-electron chi connectivity index (χ4n) is 3.04. The van der Waals surface area contributed by atoms with Gasteiger partial charge in [0.1, 0.15) is 0 Å². The highest BCUT2D eigenvalue weighted by atomic mass is 32.1. The van der Waals surface area contributed by atoms with E-state index in [2.05, 4.69) is 17.2 Å². The number of carbonyl (C=O) groups is 1. The number of hydrogen-bond acceptors (Lipinski definition) is 5. The molecule has 2 aromatic heterocycles. The molecule has 22 heavy (non-hydrogen) atoms. The van der Waals surface area contributed by atoms with Crippen molar-refractivity contribution in [1.29, 1.82) is 0 Å². The second-order valence-corrected chi connectivity index (χ2v) is 6.79. The number of nitrogens with one attached hydrogen (secondary N) is 1. The van der Waals surface area contributed by atoms with Crippen LogP contribution in [0.1, 0.15) is 48.7 Å². The maximum Gasteiger partial charge on any atom is 0.275 e. The fourth-order valence-corrected chi connectivity index (χ4v) is 3.89. The molecule has 1 fully saturated rings. The first-order chi connectivity index (χ1) is 10.5. The highest BCUT2D eigenvalue weighted by Gasteiger charge is 2.27. The van der Waals surface area contributed by atoms with Gasteiger partial charge < -0.3 is 10.4 Å². The molecular formula is C15H19N3O3S. The summed E-state index contributed by atoms with van der Waals surface area (Å²) >= 11 is 1.26. The Balaban J connectivity index is 1.97. The van der Waals surface area contributed by atoms with E-state index in [1.165, 1.54) is 22.2 Å².